The van der Waals surface area contributed by atoms with E-state index in [9.17, 15) is 21.6 Å². The second-order valence-electron chi connectivity index (χ2n) is 1.27. The molecule has 0 unspecified atom stereocenters. The van der Waals surface area contributed by atoms with E-state index < -0.39 is 44.3 Å². The third-order valence-corrected chi connectivity index (χ3v) is 4.35. The largest absolute Gasteiger partial charge is 0.327 e. The molecule has 0 aromatic carbocycles. The summed E-state index contributed by atoms with van der Waals surface area (Å²) in [6, 6.07) is 0. The van der Waals surface area contributed by atoms with Crippen molar-refractivity contribution in [2.45, 2.75) is 0 Å². The smallest absolute Gasteiger partial charge is 0.277 e. The maximum absolute atomic E-state index is 10.3. The van der Waals surface area contributed by atoms with Crippen LogP contribution in [0.15, 0.2) is 0 Å². The summed E-state index contributed by atoms with van der Waals surface area (Å²) in [6.45, 7) is 0. The molecule has 0 rings (SSSR count). The van der Waals surface area contributed by atoms with Crippen molar-refractivity contribution >= 4 is 44.3 Å². The molecule has 0 aliphatic carbocycles. The van der Waals surface area contributed by atoms with Gasteiger partial charge < -0.3 is 0 Å². The predicted octanol–water partition coefficient (Wildman–Crippen LogP) is 0.178. The van der Waals surface area contributed by atoms with Crippen LogP contribution in [0.25, 0.3) is 0 Å². The van der Waals surface area contributed by atoms with Crippen molar-refractivity contribution < 1.29 is 30.7 Å². The van der Waals surface area contributed by atoms with Crippen LogP contribution in [0.2, 0.25) is 0 Å². The van der Waals surface area contributed by atoms with Gasteiger partial charge in [0.1, 0.15) is 0 Å². The minimum absolute atomic E-state index is 0.604. The van der Waals surface area contributed by atoms with Crippen molar-refractivity contribution in [3.63, 3.8) is 0 Å². The van der Waals surface area contributed by atoms with Gasteiger partial charge in [0.25, 0.3) is 4.45 Å². The van der Waals surface area contributed by atoms with Gasteiger partial charge in [-0.15, -0.1) is 0 Å². The van der Waals surface area contributed by atoms with E-state index in [0.717, 1.165) is 0 Å². The Labute approximate surface area is 75.2 Å². The summed E-state index contributed by atoms with van der Waals surface area (Å²) in [6.07, 6.45) is 0. The number of hydrogen-bond donors (Lipinski definition) is 2. The van der Waals surface area contributed by atoms with E-state index in [-0.39, 0.29) is 0 Å². The van der Waals surface area contributed by atoms with Crippen LogP contribution < -0.4 is 0 Å². The minimum Gasteiger partial charge on any atom is -0.277 e. The van der Waals surface area contributed by atoms with E-state index in [2.05, 4.69) is 0 Å². The van der Waals surface area contributed by atoms with Gasteiger partial charge >= 0.3 is 18.3 Å². The Hall–Kier alpha value is 0.190. The van der Waals surface area contributed by atoms with Crippen LogP contribution in [0.3, 0.4) is 0 Å². The summed E-state index contributed by atoms with van der Waals surface area (Å²) in [5.41, 5.74) is 0. The first-order chi connectivity index (χ1) is 5.10. The highest BCUT2D eigenvalue weighted by Crippen LogP contribution is 2.24. The van der Waals surface area contributed by atoms with E-state index in [0.29, 0.717) is 0 Å². The zero-order valence-electron chi connectivity index (χ0n) is 5.07. The maximum atomic E-state index is 10.3. The minimum atomic E-state index is -4.62. The quantitative estimate of drug-likeness (QED) is 0.524. The molecule has 0 spiro atoms. The Morgan fingerprint density at radius 1 is 0.917 bits per heavy atom. The zero-order chi connectivity index (χ0) is 9.99. The molecular weight excluding hydrogens is 252 g/mol. The molecule has 0 atom stereocenters. The molecule has 0 radical (unpaired) electrons. The summed E-state index contributed by atoms with van der Waals surface area (Å²) in [4.78, 5) is 10.3. The number of hydrogen-bond acceptors (Lipinski definition) is 7. The Balaban J connectivity index is 4.30. The Morgan fingerprint density at radius 2 is 1.17 bits per heavy atom. The molecule has 0 saturated carbocycles. The van der Waals surface area contributed by atoms with Crippen LogP contribution in [0.4, 0.5) is 4.79 Å². The normalized spacial score (nSPS) is 12.8. The van der Waals surface area contributed by atoms with Gasteiger partial charge in [-0.05, 0) is 0 Å². The first-order valence-corrected chi connectivity index (χ1v) is 7.52. The number of carbonyl (C=O) groups is 1. The summed E-state index contributed by atoms with van der Waals surface area (Å²) >= 11 is 0. The molecular formula is CH2O7S4. The molecule has 0 heterocycles. The highest BCUT2D eigenvalue weighted by molar-refractivity contribution is 8.90. The molecule has 0 aliphatic rings. The Morgan fingerprint density at radius 3 is 1.33 bits per heavy atom. The lowest BCUT2D eigenvalue weighted by Gasteiger charge is -1.92. The van der Waals surface area contributed by atoms with Crippen molar-refractivity contribution in [1.29, 1.82) is 0 Å². The highest BCUT2D eigenvalue weighted by Gasteiger charge is 2.21. The van der Waals surface area contributed by atoms with Gasteiger partial charge in [0.2, 0.25) is 0 Å². The molecule has 0 saturated heterocycles. The molecule has 2 N–H and O–H groups in total. The lowest BCUT2D eigenvalue weighted by molar-refractivity contribution is 0.277. The molecule has 72 valence electrons. The molecule has 0 aromatic heterocycles. The lowest BCUT2D eigenvalue weighted by Crippen LogP contribution is -1.98. The molecule has 0 amide bonds. The SMILES string of the molecule is O=C(SS(=O)(=O)O)SS(=O)(=O)O. The van der Waals surface area contributed by atoms with Crippen molar-refractivity contribution in [3.05, 3.63) is 0 Å². The van der Waals surface area contributed by atoms with E-state index >= 15 is 0 Å². The Kier molecular flexibility index (Phi) is 3.99. The molecule has 0 aromatic rings. The average Bonchev–Trinajstić information content (AvgIpc) is 1.49. The maximum Gasteiger partial charge on any atom is 0.327 e. The average molecular weight is 254 g/mol. The molecule has 0 aliphatic heterocycles. The fourth-order valence-electron chi connectivity index (χ4n) is 0.186. The zero-order valence-corrected chi connectivity index (χ0v) is 8.33. The van der Waals surface area contributed by atoms with Crippen LogP contribution in [0.1, 0.15) is 0 Å². The van der Waals surface area contributed by atoms with E-state index in [1.54, 1.807) is 0 Å². The van der Waals surface area contributed by atoms with Gasteiger partial charge in [0.15, 0.2) is 0 Å². The second kappa shape index (κ2) is 3.93. The van der Waals surface area contributed by atoms with Gasteiger partial charge in [-0.1, -0.05) is 0 Å². The first kappa shape index (κ1) is 12.2. The predicted molar refractivity (Wildman–Crippen MR) is 43.7 cm³/mol. The van der Waals surface area contributed by atoms with Crippen LogP contribution in [0.5, 0.6) is 0 Å². The summed E-state index contributed by atoms with van der Waals surface area (Å²) in [5.74, 6) is 0. The topological polar surface area (TPSA) is 126 Å². The fraction of sp³-hybridized carbons (Fsp3) is 0. The Bertz CT molecular complexity index is 322. The summed E-state index contributed by atoms with van der Waals surface area (Å²) < 4.78 is 54.3. The number of carbonyl (C=O) groups excluding carboxylic acids is 1. The van der Waals surface area contributed by atoms with Gasteiger partial charge in [-0.3, -0.25) is 13.9 Å². The standard InChI is InChI=1S/CH2O7S4/c2-1(9-11(3,4)5)10-12(6,7)8/h(H,3,4,5)(H,6,7,8). The number of rotatable bonds is 2. The van der Waals surface area contributed by atoms with Gasteiger partial charge in [-0.2, -0.15) is 16.8 Å². The molecule has 12 heavy (non-hydrogen) atoms. The second-order valence-corrected chi connectivity index (χ2v) is 7.84. The molecule has 11 heteroatoms. The van der Waals surface area contributed by atoms with Crippen molar-refractivity contribution in [2.75, 3.05) is 0 Å². The van der Waals surface area contributed by atoms with Gasteiger partial charge in [0, 0.05) is 0 Å². The van der Waals surface area contributed by atoms with Crippen LogP contribution in [0, 0.1) is 0 Å². The first-order valence-electron chi connectivity index (χ1n) is 1.98. The van der Waals surface area contributed by atoms with Gasteiger partial charge in [0.05, 0.1) is 21.6 Å². The third-order valence-electron chi connectivity index (χ3n) is 0.347. The monoisotopic (exact) mass is 254 g/mol. The summed E-state index contributed by atoms with van der Waals surface area (Å²) in [7, 11) is -10.5. The van der Waals surface area contributed by atoms with Crippen molar-refractivity contribution in [1.82, 2.24) is 0 Å². The van der Waals surface area contributed by atoms with E-state index in [1.807, 2.05) is 0 Å². The van der Waals surface area contributed by atoms with Crippen LogP contribution >= 0.6 is 21.6 Å². The van der Waals surface area contributed by atoms with Crippen molar-refractivity contribution in [2.24, 2.45) is 0 Å². The molecule has 0 fully saturated rings. The van der Waals surface area contributed by atoms with Gasteiger partial charge in [-0.25, -0.2) is 0 Å². The summed E-state index contributed by atoms with van der Waals surface area (Å²) in [5, 5.41) is 0. The van der Waals surface area contributed by atoms with E-state index in [4.69, 9.17) is 9.11 Å². The lowest BCUT2D eigenvalue weighted by atomic mass is 11.8. The van der Waals surface area contributed by atoms with Crippen molar-refractivity contribution in [3.8, 4) is 0 Å². The van der Waals surface area contributed by atoms with Crippen LogP contribution in [-0.4, -0.2) is 30.4 Å². The highest BCUT2D eigenvalue weighted by atomic mass is 33.2. The molecule has 7 nitrogen and oxygen atoms in total. The van der Waals surface area contributed by atoms with Crippen LogP contribution in [-0.2, 0) is 18.3 Å². The van der Waals surface area contributed by atoms with E-state index in [1.165, 1.54) is 0 Å². The fourth-order valence-corrected chi connectivity index (χ4v) is 4.22. The third kappa shape index (κ3) is 8.29. The molecule has 0 bridgehead atoms.